The fourth-order valence-corrected chi connectivity index (χ4v) is 2.21. The molecule has 6 nitrogen and oxygen atoms in total. The predicted octanol–water partition coefficient (Wildman–Crippen LogP) is -0.232. The molecule has 1 unspecified atom stereocenters. The van der Waals surface area contributed by atoms with Gasteiger partial charge in [-0.25, -0.2) is 9.97 Å². The highest BCUT2D eigenvalue weighted by molar-refractivity contribution is 5.79. The average Bonchev–Trinajstić information content (AvgIpc) is 2.46. The third kappa shape index (κ3) is 3.16. The van der Waals surface area contributed by atoms with E-state index in [1.54, 1.807) is 6.20 Å². The second kappa shape index (κ2) is 6.30. The number of amides is 1. The third-order valence-corrected chi connectivity index (χ3v) is 3.13. The van der Waals surface area contributed by atoms with Gasteiger partial charge in [0.1, 0.15) is 12.1 Å². The Bertz CT molecular complexity index is 383. The molecule has 3 N–H and O–H groups in total. The number of anilines is 1. The van der Waals surface area contributed by atoms with Crippen molar-refractivity contribution < 1.29 is 4.79 Å². The summed E-state index contributed by atoms with van der Waals surface area (Å²) in [5.74, 6) is 1.01. The number of hydrogen-bond donors (Lipinski definition) is 2. The molecule has 1 aliphatic heterocycles. The Kier molecular flexibility index (Phi) is 4.46. The first-order valence-electron chi connectivity index (χ1n) is 6.30. The summed E-state index contributed by atoms with van der Waals surface area (Å²) in [5.41, 5.74) is 5.38. The molecule has 1 amide bonds. The summed E-state index contributed by atoms with van der Waals surface area (Å²) in [6.45, 7) is 2.68. The first kappa shape index (κ1) is 12.8. The van der Waals surface area contributed by atoms with Crippen LogP contribution in [0.1, 0.15) is 12.8 Å². The van der Waals surface area contributed by atoms with Gasteiger partial charge in [-0.2, -0.15) is 0 Å². The molecule has 0 aliphatic carbocycles. The highest BCUT2D eigenvalue weighted by Gasteiger charge is 2.25. The van der Waals surface area contributed by atoms with Crippen LogP contribution in [0.25, 0.3) is 0 Å². The van der Waals surface area contributed by atoms with Gasteiger partial charge in [0.2, 0.25) is 5.91 Å². The van der Waals surface area contributed by atoms with Crippen LogP contribution in [0.2, 0.25) is 0 Å². The number of nitrogens with two attached hydrogens (primary N) is 1. The maximum atomic E-state index is 11.9. The summed E-state index contributed by atoms with van der Waals surface area (Å²) in [5, 5.41) is 2.85. The molecule has 2 rings (SSSR count). The van der Waals surface area contributed by atoms with E-state index in [0.717, 1.165) is 25.2 Å². The summed E-state index contributed by atoms with van der Waals surface area (Å²) in [4.78, 5) is 22.2. The van der Waals surface area contributed by atoms with E-state index in [9.17, 15) is 4.79 Å². The van der Waals surface area contributed by atoms with E-state index in [0.29, 0.717) is 19.6 Å². The number of aromatic nitrogens is 2. The average molecular weight is 249 g/mol. The van der Waals surface area contributed by atoms with Crippen LogP contribution in [0.5, 0.6) is 0 Å². The fourth-order valence-electron chi connectivity index (χ4n) is 2.21. The normalized spacial score (nSPS) is 19.6. The topological polar surface area (TPSA) is 84.1 Å². The lowest BCUT2D eigenvalue weighted by Crippen LogP contribution is -2.44. The lowest BCUT2D eigenvalue weighted by Gasteiger charge is -2.32. The van der Waals surface area contributed by atoms with Gasteiger partial charge in [0.05, 0.1) is 5.92 Å². The molecule has 0 radical (unpaired) electrons. The minimum absolute atomic E-state index is 0.0280. The van der Waals surface area contributed by atoms with E-state index >= 15 is 0 Å². The van der Waals surface area contributed by atoms with Gasteiger partial charge in [-0.1, -0.05) is 0 Å². The maximum absolute atomic E-state index is 11.9. The summed E-state index contributed by atoms with van der Waals surface area (Å²) < 4.78 is 0. The van der Waals surface area contributed by atoms with Crippen LogP contribution in [0, 0.1) is 5.92 Å². The quantitative estimate of drug-likeness (QED) is 0.770. The van der Waals surface area contributed by atoms with Gasteiger partial charge in [-0.05, 0) is 18.9 Å². The van der Waals surface area contributed by atoms with Crippen molar-refractivity contribution in [3.63, 3.8) is 0 Å². The summed E-state index contributed by atoms with van der Waals surface area (Å²) in [6.07, 6.45) is 5.19. The van der Waals surface area contributed by atoms with Crippen LogP contribution < -0.4 is 16.0 Å². The van der Waals surface area contributed by atoms with Crippen molar-refractivity contribution in [2.24, 2.45) is 11.7 Å². The van der Waals surface area contributed by atoms with Crippen molar-refractivity contribution in [3.8, 4) is 0 Å². The number of nitrogens with zero attached hydrogens (tertiary/aromatic N) is 3. The highest BCUT2D eigenvalue weighted by atomic mass is 16.1. The highest BCUT2D eigenvalue weighted by Crippen LogP contribution is 2.20. The summed E-state index contributed by atoms with van der Waals surface area (Å²) >= 11 is 0. The van der Waals surface area contributed by atoms with Gasteiger partial charge in [0, 0.05) is 32.4 Å². The van der Waals surface area contributed by atoms with Crippen LogP contribution >= 0.6 is 0 Å². The van der Waals surface area contributed by atoms with Crippen LogP contribution in [0.3, 0.4) is 0 Å². The number of carbonyl (C=O) groups excluding carboxylic acids is 1. The monoisotopic (exact) mass is 249 g/mol. The van der Waals surface area contributed by atoms with Crippen molar-refractivity contribution in [2.45, 2.75) is 12.8 Å². The van der Waals surface area contributed by atoms with Crippen molar-refractivity contribution in [2.75, 3.05) is 31.1 Å². The fraction of sp³-hybridized carbons (Fsp3) is 0.583. The zero-order valence-electron chi connectivity index (χ0n) is 10.4. The second-order valence-corrected chi connectivity index (χ2v) is 4.43. The second-order valence-electron chi connectivity index (χ2n) is 4.43. The summed E-state index contributed by atoms with van der Waals surface area (Å²) in [6, 6.07) is 1.88. The first-order chi connectivity index (χ1) is 8.81. The number of rotatable bonds is 4. The molecule has 1 atom stereocenters. The van der Waals surface area contributed by atoms with E-state index in [1.807, 2.05) is 6.07 Å². The molecule has 1 aromatic heterocycles. The lowest BCUT2D eigenvalue weighted by molar-refractivity contribution is -0.125. The van der Waals surface area contributed by atoms with Crippen molar-refractivity contribution in [1.29, 1.82) is 0 Å². The standard InChI is InChI=1S/C12H19N5O/c13-4-6-15-12(18)10-2-1-7-17(8-10)11-3-5-14-9-16-11/h3,5,9-10H,1-2,4,6-8,13H2,(H,15,18). The van der Waals surface area contributed by atoms with Crippen LogP contribution in [0.15, 0.2) is 18.6 Å². The van der Waals surface area contributed by atoms with Gasteiger partial charge >= 0.3 is 0 Å². The number of carbonyl (C=O) groups is 1. The van der Waals surface area contributed by atoms with Crippen molar-refractivity contribution in [1.82, 2.24) is 15.3 Å². The zero-order valence-corrected chi connectivity index (χ0v) is 10.4. The van der Waals surface area contributed by atoms with Crippen molar-refractivity contribution in [3.05, 3.63) is 18.6 Å². The zero-order chi connectivity index (χ0) is 12.8. The Morgan fingerprint density at radius 2 is 2.50 bits per heavy atom. The number of piperidine rings is 1. The van der Waals surface area contributed by atoms with E-state index in [-0.39, 0.29) is 11.8 Å². The minimum atomic E-state index is 0.0280. The van der Waals surface area contributed by atoms with E-state index in [4.69, 9.17) is 5.73 Å². The van der Waals surface area contributed by atoms with Gasteiger partial charge in [0.15, 0.2) is 0 Å². The Hall–Kier alpha value is -1.69. The van der Waals surface area contributed by atoms with Crippen LogP contribution in [0.4, 0.5) is 5.82 Å². The van der Waals surface area contributed by atoms with Crippen LogP contribution in [-0.4, -0.2) is 42.1 Å². The molecule has 1 saturated heterocycles. The molecular weight excluding hydrogens is 230 g/mol. The molecule has 0 aromatic carbocycles. The maximum Gasteiger partial charge on any atom is 0.224 e. The molecule has 18 heavy (non-hydrogen) atoms. The molecule has 1 aliphatic rings. The van der Waals surface area contributed by atoms with Gasteiger partial charge in [0.25, 0.3) is 0 Å². The molecular formula is C12H19N5O. The Morgan fingerprint density at radius 3 is 3.22 bits per heavy atom. The largest absolute Gasteiger partial charge is 0.356 e. The SMILES string of the molecule is NCCNC(=O)C1CCCN(c2ccncn2)C1. The number of nitrogens with one attached hydrogen (secondary N) is 1. The summed E-state index contributed by atoms with van der Waals surface area (Å²) in [7, 11) is 0. The van der Waals surface area contributed by atoms with Gasteiger partial charge in [-0.15, -0.1) is 0 Å². The molecule has 98 valence electrons. The smallest absolute Gasteiger partial charge is 0.224 e. The van der Waals surface area contributed by atoms with Crippen molar-refractivity contribution >= 4 is 11.7 Å². The van der Waals surface area contributed by atoms with E-state index in [2.05, 4.69) is 20.2 Å². The molecule has 0 bridgehead atoms. The van der Waals surface area contributed by atoms with E-state index in [1.165, 1.54) is 6.33 Å². The third-order valence-electron chi connectivity index (χ3n) is 3.13. The van der Waals surface area contributed by atoms with Crippen LogP contribution in [-0.2, 0) is 4.79 Å². The Labute approximate surface area is 107 Å². The van der Waals surface area contributed by atoms with E-state index < -0.39 is 0 Å². The molecule has 1 aromatic rings. The molecule has 0 spiro atoms. The predicted molar refractivity (Wildman–Crippen MR) is 69.0 cm³/mol. The van der Waals surface area contributed by atoms with Gasteiger partial charge < -0.3 is 16.0 Å². The molecule has 6 heteroatoms. The first-order valence-corrected chi connectivity index (χ1v) is 6.30. The lowest BCUT2D eigenvalue weighted by atomic mass is 9.97. The molecule has 0 saturated carbocycles. The van der Waals surface area contributed by atoms with Gasteiger partial charge in [-0.3, -0.25) is 4.79 Å². The number of hydrogen-bond acceptors (Lipinski definition) is 5. The Morgan fingerprint density at radius 1 is 1.61 bits per heavy atom. The Balaban J connectivity index is 1.94. The molecule has 1 fully saturated rings. The molecule has 2 heterocycles. The minimum Gasteiger partial charge on any atom is -0.356 e.